The number of hydrogen-bond donors (Lipinski definition) is 2. The summed E-state index contributed by atoms with van der Waals surface area (Å²) < 4.78 is 0. The minimum Gasteiger partial charge on any atom is -0.351 e. The number of carbonyl (C=O) groups is 2. The van der Waals surface area contributed by atoms with Crippen LogP contribution in [0.3, 0.4) is 0 Å². The number of benzene rings is 2. The molecule has 0 unspecified atom stereocenters. The molecular formula is C23H25N5O2S. The highest BCUT2D eigenvalue weighted by Gasteiger charge is 2.19. The number of nitrogens with one attached hydrogen (secondary N) is 2. The van der Waals surface area contributed by atoms with Gasteiger partial charge in [-0.25, -0.2) is 4.98 Å². The molecule has 0 saturated carbocycles. The van der Waals surface area contributed by atoms with Gasteiger partial charge in [-0.3, -0.25) is 14.7 Å². The van der Waals surface area contributed by atoms with E-state index in [0.717, 1.165) is 37.1 Å². The van der Waals surface area contributed by atoms with Gasteiger partial charge in [0, 0.05) is 30.8 Å². The number of carbonyl (C=O) groups excluding carboxylic acids is 2. The molecule has 2 N–H and O–H groups in total. The topological polar surface area (TPSA) is 91.0 Å². The number of hydrogen-bond acceptors (Lipinski definition) is 5. The van der Waals surface area contributed by atoms with Crippen LogP contribution in [0.4, 0.5) is 0 Å². The molecule has 8 heteroatoms. The molecule has 160 valence electrons. The summed E-state index contributed by atoms with van der Waals surface area (Å²) in [6.45, 7) is 4.13. The molecular weight excluding hydrogens is 410 g/mol. The molecule has 1 aromatic heterocycles. The van der Waals surface area contributed by atoms with Gasteiger partial charge < -0.3 is 10.2 Å². The van der Waals surface area contributed by atoms with Crippen LogP contribution in [0.15, 0.2) is 53.7 Å². The van der Waals surface area contributed by atoms with Crippen LogP contribution in [0.1, 0.15) is 34.3 Å². The number of amides is 2. The lowest BCUT2D eigenvalue weighted by molar-refractivity contribution is -0.118. The molecule has 0 bridgehead atoms. The molecule has 31 heavy (non-hydrogen) atoms. The van der Waals surface area contributed by atoms with Crippen molar-refractivity contribution in [2.24, 2.45) is 0 Å². The Morgan fingerprint density at radius 1 is 1.06 bits per heavy atom. The van der Waals surface area contributed by atoms with Gasteiger partial charge in [0.2, 0.25) is 11.1 Å². The fourth-order valence-electron chi connectivity index (χ4n) is 3.40. The van der Waals surface area contributed by atoms with Crippen molar-refractivity contribution in [1.29, 1.82) is 0 Å². The van der Waals surface area contributed by atoms with Crippen LogP contribution in [0.2, 0.25) is 0 Å². The van der Waals surface area contributed by atoms with Crippen molar-refractivity contribution in [3.05, 3.63) is 65.2 Å². The van der Waals surface area contributed by atoms with E-state index in [1.165, 1.54) is 17.3 Å². The SMILES string of the molecule is Cc1ccc(-c2nc(SCC(=O)NCc3ccc(C(=O)N4CCCC4)cc3)n[nH]2)cc1. The quantitative estimate of drug-likeness (QED) is 0.555. The maximum atomic E-state index is 12.4. The summed E-state index contributed by atoms with van der Waals surface area (Å²) in [7, 11) is 0. The zero-order valence-corrected chi connectivity index (χ0v) is 18.2. The minimum atomic E-state index is -0.0936. The van der Waals surface area contributed by atoms with Crippen molar-refractivity contribution >= 4 is 23.6 Å². The van der Waals surface area contributed by atoms with Gasteiger partial charge in [-0.15, -0.1) is 5.10 Å². The fraction of sp³-hybridized carbons (Fsp3) is 0.304. The first kappa shape index (κ1) is 21.1. The van der Waals surface area contributed by atoms with Crippen molar-refractivity contribution in [2.45, 2.75) is 31.5 Å². The molecule has 0 spiro atoms. The summed E-state index contributed by atoms with van der Waals surface area (Å²) in [5.74, 6) is 0.910. The molecule has 1 saturated heterocycles. The number of aromatic nitrogens is 3. The third-order valence-electron chi connectivity index (χ3n) is 5.21. The number of aromatic amines is 1. The monoisotopic (exact) mass is 435 g/mol. The minimum absolute atomic E-state index is 0.0843. The van der Waals surface area contributed by atoms with Gasteiger partial charge in [0.05, 0.1) is 5.75 Å². The molecule has 0 aliphatic carbocycles. The number of nitrogens with zero attached hydrogens (tertiary/aromatic N) is 3. The summed E-state index contributed by atoms with van der Waals surface area (Å²) in [4.78, 5) is 30.9. The predicted molar refractivity (Wildman–Crippen MR) is 121 cm³/mol. The summed E-state index contributed by atoms with van der Waals surface area (Å²) in [5, 5.41) is 10.5. The number of H-pyrrole nitrogens is 1. The second-order valence-electron chi connectivity index (χ2n) is 7.59. The smallest absolute Gasteiger partial charge is 0.253 e. The average molecular weight is 436 g/mol. The highest BCUT2D eigenvalue weighted by Crippen LogP contribution is 2.19. The van der Waals surface area contributed by atoms with E-state index in [1.807, 2.05) is 60.4 Å². The highest BCUT2D eigenvalue weighted by molar-refractivity contribution is 7.99. The number of aryl methyl sites for hydroxylation is 1. The lowest BCUT2D eigenvalue weighted by Gasteiger charge is -2.15. The summed E-state index contributed by atoms with van der Waals surface area (Å²) >= 11 is 1.29. The van der Waals surface area contributed by atoms with Gasteiger partial charge in [-0.1, -0.05) is 53.7 Å². The maximum absolute atomic E-state index is 12.4. The van der Waals surface area contributed by atoms with Gasteiger partial charge in [0.25, 0.3) is 5.91 Å². The van der Waals surface area contributed by atoms with E-state index >= 15 is 0 Å². The molecule has 1 aliphatic heterocycles. The summed E-state index contributed by atoms with van der Waals surface area (Å²) in [6, 6.07) is 15.5. The van der Waals surface area contributed by atoms with Crippen molar-refractivity contribution in [3.8, 4) is 11.4 Å². The van der Waals surface area contributed by atoms with Crippen LogP contribution < -0.4 is 5.32 Å². The van der Waals surface area contributed by atoms with Crippen LogP contribution in [-0.4, -0.2) is 50.7 Å². The van der Waals surface area contributed by atoms with Crippen LogP contribution in [-0.2, 0) is 11.3 Å². The third kappa shape index (κ3) is 5.52. The molecule has 2 heterocycles. The predicted octanol–water partition coefficient (Wildman–Crippen LogP) is 3.42. The van der Waals surface area contributed by atoms with Crippen LogP contribution in [0.25, 0.3) is 11.4 Å². The summed E-state index contributed by atoms with van der Waals surface area (Å²) in [6.07, 6.45) is 2.16. The van der Waals surface area contributed by atoms with Gasteiger partial charge in [-0.05, 0) is 37.5 Å². The van der Waals surface area contributed by atoms with E-state index in [0.29, 0.717) is 23.1 Å². The van der Waals surface area contributed by atoms with Gasteiger partial charge >= 0.3 is 0 Å². The van der Waals surface area contributed by atoms with E-state index in [4.69, 9.17) is 0 Å². The second-order valence-corrected chi connectivity index (χ2v) is 8.54. The van der Waals surface area contributed by atoms with E-state index in [9.17, 15) is 9.59 Å². The maximum Gasteiger partial charge on any atom is 0.253 e. The Kier molecular flexibility index (Phi) is 6.66. The Balaban J connectivity index is 1.23. The van der Waals surface area contributed by atoms with Crippen LogP contribution in [0.5, 0.6) is 0 Å². The van der Waals surface area contributed by atoms with Crippen LogP contribution >= 0.6 is 11.8 Å². The van der Waals surface area contributed by atoms with Crippen molar-refractivity contribution < 1.29 is 9.59 Å². The first-order valence-corrected chi connectivity index (χ1v) is 11.3. The highest BCUT2D eigenvalue weighted by atomic mass is 32.2. The molecule has 0 atom stereocenters. The second kappa shape index (κ2) is 9.78. The van der Waals surface area contributed by atoms with E-state index in [2.05, 4.69) is 20.5 Å². The van der Waals surface area contributed by atoms with E-state index in [1.54, 1.807) is 0 Å². The average Bonchev–Trinajstić information content (AvgIpc) is 3.49. The molecule has 1 aliphatic rings. The van der Waals surface area contributed by atoms with E-state index < -0.39 is 0 Å². The zero-order chi connectivity index (χ0) is 21.6. The molecule has 0 radical (unpaired) electrons. The molecule has 2 aromatic carbocycles. The van der Waals surface area contributed by atoms with Gasteiger partial charge in [0.15, 0.2) is 5.82 Å². The van der Waals surface area contributed by atoms with Gasteiger partial charge in [0.1, 0.15) is 0 Å². The Morgan fingerprint density at radius 2 is 1.77 bits per heavy atom. The van der Waals surface area contributed by atoms with Gasteiger partial charge in [-0.2, -0.15) is 0 Å². The number of thioether (sulfide) groups is 1. The first-order chi connectivity index (χ1) is 15.1. The standard InChI is InChI=1S/C23H25N5O2S/c1-16-4-8-18(9-5-16)21-25-23(27-26-21)31-15-20(29)24-14-17-6-10-19(11-7-17)22(30)28-12-2-3-13-28/h4-11H,2-3,12-15H2,1H3,(H,24,29)(H,25,26,27). The Morgan fingerprint density at radius 3 is 2.48 bits per heavy atom. The molecule has 4 rings (SSSR count). The number of rotatable bonds is 7. The lowest BCUT2D eigenvalue weighted by atomic mass is 10.1. The number of likely N-dealkylation sites (tertiary alicyclic amines) is 1. The molecule has 2 amide bonds. The fourth-order valence-corrected chi connectivity index (χ4v) is 4.03. The first-order valence-electron chi connectivity index (χ1n) is 10.4. The molecule has 7 nitrogen and oxygen atoms in total. The third-order valence-corrected chi connectivity index (χ3v) is 6.05. The summed E-state index contributed by atoms with van der Waals surface area (Å²) in [5.41, 5.74) is 3.79. The lowest BCUT2D eigenvalue weighted by Crippen LogP contribution is -2.27. The van der Waals surface area contributed by atoms with Crippen molar-refractivity contribution in [2.75, 3.05) is 18.8 Å². The van der Waals surface area contributed by atoms with Crippen LogP contribution in [0, 0.1) is 6.92 Å². The van der Waals surface area contributed by atoms with E-state index in [-0.39, 0.29) is 17.6 Å². The zero-order valence-electron chi connectivity index (χ0n) is 17.4. The largest absolute Gasteiger partial charge is 0.351 e. The Labute approximate surface area is 185 Å². The van der Waals surface area contributed by atoms with Crippen molar-refractivity contribution in [3.63, 3.8) is 0 Å². The molecule has 1 fully saturated rings. The normalized spacial score (nSPS) is 13.4. The Bertz CT molecular complexity index is 1040. The Hall–Kier alpha value is -3.13. The molecule has 3 aromatic rings. The van der Waals surface area contributed by atoms with Crippen molar-refractivity contribution in [1.82, 2.24) is 25.4 Å².